The average molecular weight is 380 g/mol. The van der Waals surface area contributed by atoms with Crippen LogP contribution in [0.25, 0.3) is 0 Å². The van der Waals surface area contributed by atoms with E-state index < -0.39 is 11.4 Å². The standard InChI is InChI=1S/C24H28O4/c1-3-5-14-18-16(6-4-2)22(26)24-10-9-12(11-17(24)23(27)28)13-7-8-15(21(14)25)19(18)20(13)24/h11-14,20H,3-10H2,1-2H3,(H,27,28)/t12-,13+,14+,20-,24-/m1/s1. The number of fused-ring (bicyclic) bond motifs is 1. The topological polar surface area (TPSA) is 71.4 Å². The molecule has 0 aromatic heterocycles. The van der Waals surface area contributed by atoms with Gasteiger partial charge in [-0.1, -0.05) is 32.8 Å². The van der Waals surface area contributed by atoms with Crippen LogP contribution in [0.2, 0.25) is 0 Å². The van der Waals surface area contributed by atoms with Gasteiger partial charge in [-0.15, -0.1) is 0 Å². The average Bonchev–Trinajstić information content (AvgIpc) is 2.98. The number of hydrogen-bond donors (Lipinski definition) is 1. The minimum absolute atomic E-state index is 0.0342. The van der Waals surface area contributed by atoms with Crippen molar-refractivity contribution in [1.82, 2.24) is 0 Å². The van der Waals surface area contributed by atoms with Gasteiger partial charge in [0.1, 0.15) is 0 Å². The summed E-state index contributed by atoms with van der Waals surface area (Å²) < 4.78 is 0. The fourth-order valence-electron chi connectivity index (χ4n) is 7.30. The molecule has 5 atom stereocenters. The molecule has 0 heterocycles. The number of Topliss-reactive ketones (excluding diaryl/α,β-unsaturated/α-hetero) is 2. The second-order valence-corrected chi connectivity index (χ2v) is 9.31. The summed E-state index contributed by atoms with van der Waals surface area (Å²) in [5, 5.41) is 10.0. The van der Waals surface area contributed by atoms with E-state index in [0.29, 0.717) is 24.3 Å². The van der Waals surface area contributed by atoms with Gasteiger partial charge in [-0.25, -0.2) is 4.79 Å². The number of carbonyl (C=O) groups is 3. The van der Waals surface area contributed by atoms with Crippen LogP contribution in [0.15, 0.2) is 33.9 Å². The molecule has 1 saturated carbocycles. The van der Waals surface area contributed by atoms with E-state index >= 15 is 0 Å². The number of carbonyl (C=O) groups excluding carboxylic acids is 2. The molecule has 4 heteroatoms. The largest absolute Gasteiger partial charge is 0.478 e. The van der Waals surface area contributed by atoms with Gasteiger partial charge in [0.05, 0.1) is 5.41 Å². The van der Waals surface area contributed by atoms with Gasteiger partial charge in [-0.3, -0.25) is 9.59 Å². The second kappa shape index (κ2) is 6.01. The fourth-order valence-corrected chi connectivity index (χ4v) is 7.30. The van der Waals surface area contributed by atoms with Crippen LogP contribution in [0.5, 0.6) is 0 Å². The minimum Gasteiger partial charge on any atom is -0.478 e. The van der Waals surface area contributed by atoms with Crippen molar-refractivity contribution in [2.24, 2.45) is 29.1 Å². The van der Waals surface area contributed by atoms with Crippen molar-refractivity contribution in [3.05, 3.63) is 33.9 Å². The molecule has 0 radical (unpaired) electrons. The predicted octanol–water partition coefficient (Wildman–Crippen LogP) is 4.41. The summed E-state index contributed by atoms with van der Waals surface area (Å²) in [6, 6.07) is 0. The molecular formula is C24H28O4. The Morgan fingerprint density at radius 3 is 2.64 bits per heavy atom. The lowest BCUT2D eigenvalue weighted by Gasteiger charge is -2.58. The summed E-state index contributed by atoms with van der Waals surface area (Å²) in [5.41, 5.74) is 3.27. The molecule has 1 spiro atoms. The Morgan fingerprint density at radius 1 is 1.18 bits per heavy atom. The zero-order valence-corrected chi connectivity index (χ0v) is 16.7. The van der Waals surface area contributed by atoms with Gasteiger partial charge < -0.3 is 5.11 Å². The molecular weight excluding hydrogens is 352 g/mol. The first-order valence-electron chi connectivity index (χ1n) is 11.0. The molecule has 2 bridgehead atoms. The molecule has 0 unspecified atom stereocenters. The molecule has 1 fully saturated rings. The van der Waals surface area contributed by atoms with Gasteiger partial charge in [0.25, 0.3) is 0 Å². The maximum Gasteiger partial charge on any atom is 0.332 e. The lowest BCUT2D eigenvalue weighted by molar-refractivity contribution is -0.142. The molecule has 6 aliphatic carbocycles. The van der Waals surface area contributed by atoms with Crippen molar-refractivity contribution in [3.63, 3.8) is 0 Å². The normalized spacial score (nSPS) is 38.1. The lowest BCUT2D eigenvalue weighted by atomic mass is 9.43. The third kappa shape index (κ3) is 1.94. The number of carboxylic acids is 1. The van der Waals surface area contributed by atoms with E-state index in [2.05, 4.69) is 13.8 Å². The fraction of sp³-hybridized carbons (Fsp3) is 0.625. The molecule has 0 aromatic rings. The van der Waals surface area contributed by atoms with E-state index in [4.69, 9.17) is 0 Å². The summed E-state index contributed by atoms with van der Waals surface area (Å²) in [6.45, 7) is 4.15. The number of allylic oxidation sites excluding steroid dienone is 5. The maximum atomic E-state index is 14.0. The first-order chi connectivity index (χ1) is 13.5. The Morgan fingerprint density at radius 2 is 1.96 bits per heavy atom. The zero-order chi connectivity index (χ0) is 19.8. The highest BCUT2D eigenvalue weighted by molar-refractivity contribution is 6.15. The van der Waals surface area contributed by atoms with Crippen molar-refractivity contribution in [2.75, 3.05) is 0 Å². The van der Waals surface area contributed by atoms with Gasteiger partial charge in [0, 0.05) is 23.0 Å². The minimum atomic E-state index is -0.946. The van der Waals surface area contributed by atoms with Crippen molar-refractivity contribution >= 4 is 17.5 Å². The first-order valence-corrected chi connectivity index (χ1v) is 11.0. The molecule has 0 aliphatic heterocycles. The molecule has 4 nitrogen and oxygen atoms in total. The van der Waals surface area contributed by atoms with Gasteiger partial charge in [-0.2, -0.15) is 0 Å². The highest BCUT2D eigenvalue weighted by atomic mass is 16.4. The van der Waals surface area contributed by atoms with Crippen LogP contribution in [0.4, 0.5) is 0 Å². The summed E-state index contributed by atoms with van der Waals surface area (Å²) in [7, 11) is 0. The number of ketones is 2. The van der Waals surface area contributed by atoms with Crippen molar-refractivity contribution in [1.29, 1.82) is 0 Å². The van der Waals surface area contributed by atoms with Crippen LogP contribution < -0.4 is 0 Å². The van der Waals surface area contributed by atoms with Crippen LogP contribution in [0, 0.1) is 29.1 Å². The first kappa shape index (κ1) is 18.1. The van der Waals surface area contributed by atoms with E-state index in [1.165, 1.54) is 0 Å². The summed E-state index contributed by atoms with van der Waals surface area (Å²) in [4.78, 5) is 39.6. The van der Waals surface area contributed by atoms with Crippen LogP contribution in [-0.4, -0.2) is 22.6 Å². The molecule has 0 amide bonds. The quantitative estimate of drug-likeness (QED) is 0.767. The third-order valence-corrected chi connectivity index (χ3v) is 8.17. The number of aliphatic carboxylic acids is 1. The molecule has 0 saturated heterocycles. The Hall–Kier alpha value is -1.97. The zero-order valence-electron chi connectivity index (χ0n) is 16.7. The van der Waals surface area contributed by atoms with E-state index in [1.807, 2.05) is 6.08 Å². The summed E-state index contributed by atoms with van der Waals surface area (Å²) in [5.74, 6) is -0.398. The monoisotopic (exact) mass is 380 g/mol. The van der Waals surface area contributed by atoms with E-state index in [-0.39, 0.29) is 29.3 Å². The highest BCUT2D eigenvalue weighted by Gasteiger charge is 2.66. The van der Waals surface area contributed by atoms with Crippen molar-refractivity contribution < 1.29 is 19.5 Å². The van der Waals surface area contributed by atoms with Crippen LogP contribution in [-0.2, 0) is 14.4 Å². The SMILES string of the molecule is CCCC1=C2C3=C(CC[C@H]4[C@H]5C=C(C(=O)O)[C@@](CC5)(C1=O)[C@@H]34)C(=O)[C@H]2CCC. The smallest absolute Gasteiger partial charge is 0.332 e. The van der Waals surface area contributed by atoms with E-state index in [9.17, 15) is 19.5 Å². The van der Waals surface area contributed by atoms with Gasteiger partial charge in [-0.05, 0) is 67.1 Å². The molecule has 1 N–H and O–H groups in total. The molecule has 6 aliphatic rings. The summed E-state index contributed by atoms with van der Waals surface area (Å²) >= 11 is 0. The van der Waals surface area contributed by atoms with E-state index in [0.717, 1.165) is 60.8 Å². The van der Waals surface area contributed by atoms with Crippen LogP contribution >= 0.6 is 0 Å². The Kier molecular flexibility index (Phi) is 3.88. The Labute approximate surface area is 165 Å². The molecule has 148 valence electrons. The van der Waals surface area contributed by atoms with Crippen molar-refractivity contribution in [2.45, 2.75) is 65.2 Å². The highest BCUT2D eigenvalue weighted by Crippen LogP contribution is 2.68. The van der Waals surface area contributed by atoms with Crippen molar-refractivity contribution in [3.8, 4) is 0 Å². The van der Waals surface area contributed by atoms with Gasteiger partial charge >= 0.3 is 5.97 Å². The lowest BCUT2D eigenvalue weighted by Crippen LogP contribution is -2.58. The molecule has 0 aromatic carbocycles. The van der Waals surface area contributed by atoms with E-state index in [1.54, 1.807) is 0 Å². The summed E-state index contributed by atoms with van der Waals surface area (Å²) in [6.07, 6.45) is 8.32. The number of carboxylic acid groups (broad SMARTS) is 1. The molecule has 28 heavy (non-hydrogen) atoms. The Bertz CT molecular complexity index is 902. The van der Waals surface area contributed by atoms with Gasteiger partial charge in [0.2, 0.25) is 0 Å². The third-order valence-electron chi connectivity index (χ3n) is 8.17. The predicted molar refractivity (Wildman–Crippen MR) is 104 cm³/mol. The molecule has 6 rings (SSSR count). The van der Waals surface area contributed by atoms with Crippen LogP contribution in [0.1, 0.15) is 65.2 Å². The Balaban J connectivity index is 1.82. The van der Waals surface area contributed by atoms with Crippen LogP contribution in [0.3, 0.4) is 0 Å². The second-order valence-electron chi connectivity index (χ2n) is 9.31. The maximum absolute atomic E-state index is 14.0. The number of rotatable bonds is 5. The van der Waals surface area contributed by atoms with Gasteiger partial charge in [0.15, 0.2) is 11.6 Å². The number of hydrogen-bond acceptors (Lipinski definition) is 3.